The van der Waals surface area contributed by atoms with E-state index in [4.69, 9.17) is 22.1 Å². The maximum Gasteiger partial charge on any atom is 0.292 e. The Morgan fingerprint density at radius 3 is 2.40 bits per heavy atom. The smallest absolute Gasteiger partial charge is 0.292 e. The lowest BCUT2D eigenvalue weighted by atomic mass is 10.0. The molecule has 0 saturated carbocycles. The number of rotatable bonds is 4. The van der Waals surface area contributed by atoms with Crippen LogP contribution in [0.1, 0.15) is 31.9 Å². The standard InChI is InChI=1S/C10H16N4.C2H4O2.C2H6/c1-7(11)5-8-3-2-4-9(6-8)10(12)14-13;1-4-2-3;1-2/h2-4,6-7H,5,11,13H2,1H3,(H2,12,14);2H,1H3;1-2H3. The van der Waals surface area contributed by atoms with E-state index in [1.165, 1.54) is 7.11 Å². The summed E-state index contributed by atoms with van der Waals surface area (Å²) in [4.78, 5) is 8.95. The van der Waals surface area contributed by atoms with Crippen LogP contribution in [0.15, 0.2) is 29.4 Å². The first-order valence-corrected chi connectivity index (χ1v) is 6.39. The summed E-state index contributed by atoms with van der Waals surface area (Å²) in [6.45, 7) is 6.34. The van der Waals surface area contributed by atoms with Gasteiger partial charge in [0, 0.05) is 11.6 Å². The average Bonchev–Trinajstić information content (AvgIpc) is 2.48. The van der Waals surface area contributed by atoms with Crippen LogP contribution >= 0.6 is 0 Å². The number of hydrazone groups is 1. The molecule has 6 N–H and O–H groups in total. The molecule has 0 aliphatic rings. The fourth-order valence-corrected chi connectivity index (χ4v) is 1.30. The maximum atomic E-state index is 8.95. The van der Waals surface area contributed by atoms with Gasteiger partial charge in [-0.2, -0.15) is 5.10 Å². The highest BCUT2D eigenvalue weighted by Crippen LogP contribution is 2.06. The number of carbonyl (C=O) groups excluding carboxylic acids is 1. The molecule has 1 atom stereocenters. The van der Waals surface area contributed by atoms with E-state index in [1.54, 1.807) is 0 Å². The van der Waals surface area contributed by atoms with Crippen LogP contribution in [0, 0.1) is 0 Å². The number of benzene rings is 1. The summed E-state index contributed by atoms with van der Waals surface area (Å²) >= 11 is 0. The lowest BCUT2D eigenvalue weighted by molar-refractivity contribution is -0.126. The SMILES string of the molecule is CC.CC(N)Cc1cccc(/C(N)=N/N)c1.COC=O. The molecule has 0 radical (unpaired) electrons. The normalized spacial score (nSPS) is 11.2. The summed E-state index contributed by atoms with van der Waals surface area (Å²) < 4.78 is 3.86. The van der Waals surface area contributed by atoms with Gasteiger partial charge in [0.1, 0.15) is 5.84 Å². The molecule has 0 heterocycles. The largest absolute Gasteiger partial charge is 0.471 e. The molecule has 20 heavy (non-hydrogen) atoms. The molecule has 0 amide bonds. The first-order chi connectivity index (χ1) is 9.54. The van der Waals surface area contributed by atoms with E-state index in [0.717, 1.165) is 17.5 Å². The van der Waals surface area contributed by atoms with Crippen molar-refractivity contribution in [2.45, 2.75) is 33.2 Å². The third kappa shape index (κ3) is 9.90. The predicted molar refractivity (Wildman–Crippen MR) is 83.1 cm³/mol. The van der Waals surface area contributed by atoms with Crippen molar-refractivity contribution < 1.29 is 9.53 Å². The molecule has 0 fully saturated rings. The fourth-order valence-electron chi connectivity index (χ4n) is 1.30. The molecule has 0 aliphatic carbocycles. The third-order valence-electron chi connectivity index (χ3n) is 2.02. The van der Waals surface area contributed by atoms with Gasteiger partial charge < -0.3 is 22.0 Å². The number of amidine groups is 1. The molecule has 0 saturated heterocycles. The van der Waals surface area contributed by atoms with Crippen LogP contribution in [-0.2, 0) is 16.0 Å². The van der Waals surface area contributed by atoms with Gasteiger partial charge in [-0.05, 0) is 25.0 Å². The van der Waals surface area contributed by atoms with E-state index in [9.17, 15) is 0 Å². The highest BCUT2D eigenvalue weighted by molar-refractivity contribution is 5.97. The lowest BCUT2D eigenvalue weighted by Gasteiger charge is -2.06. The monoisotopic (exact) mass is 282 g/mol. The Bertz CT molecular complexity index is 393. The topological polar surface area (TPSA) is 117 Å². The minimum Gasteiger partial charge on any atom is -0.471 e. The minimum absolute atomic E-state index is 0.140. The first kappa shape index (κ1) is 20.2. The average molecular weight is 282 g/mol. The molecule has 1 rings (SSSR count). The van der Waals surface area contributed by atoms with Crippen molar-refractivity contribution in [2.75, 3.05) is 7.11 Å². The van der Waals surface area contributed by atoms with Crippen molar-refractivity contribution in [1.82, 2.24) is 0 Å². The van der Waals surface area contributed by atoms with Crippen LogP contribution in [0.2, 0.25) is 0 Å². The van der Waals surface area contributed by atoms with Crippen LogP contribution < -0.4 is 17.3 Å². The van der Waals surface area contributed by atoms with Gasteiger partial charge in [-0.25, -0.2) is 0 Å². The van der Waals surface area contributed by atoms with Gasteiger partial charge in [0.15, 0.2) is 0 Å². The van der Waals surface area contributed by atoms with Crippen molar-refractivity contribution in [2.24, 2.45) is 22.4 Å². The van der Waals surface area contributed by atoms with Gasteiger partial charge >= 0.3 is 0 Å². The summed E-state index contributed by atoms with van der Waals surface area (Å²) in [5.74, 6) is 5.44. The molecule has 1 aromatic rings. The Balaban J connectivity index is 0. The Morgan fingerprint density at radius 2 is 2.00 bits per heavy atom. The van der Waals surface area contributed by atoms with Crippen molar-refractivity contribution in [1.29, 1.82) is 0 Å². The van der Waals surface area contributed by atoms with E-state index >= 15 is 0 Å². The molecular formula is C14H26N4O2. The Labute approximate surface area is 121 Å². The number of hydrogen-bond acceptors (Lipinski definition) is 5. The molecule has 1 unspecified atom stereocenters. The van der Waals surface area contributed by atoms with Crippen molar-refractivity contribution in [3.05, 3.63) is 35.4 Å². The minimum atomic E-state index is 0.140. The first-order valence-electron chi connectivity index (χ1n) is 6.39. The van der Waals surface area contributed by atoms with Gasteiger partial charge in [0.05, 0.1) is 7.11 Å². The highest BCUT2D eigenvalue weighted by atomic mass is 16.5. The van der Waals surface area contributed by atoms with Crippen LogP contribution in [0.5, 0.6) is 0 Å². The molecular weight excluding hydrogens is 256 g/mol. The van der Waals surface area contributed by atoms with Crippen LogP contribution in [-0.4, -0.2) is 25.5 Å². The maximum absolute atomic E-state index is 8.95. The van der Waals surface area contributed by atoms with E-state index < -0.39 is 0 Å². The summed E-state index contributed by atoms with van der Waals surface area (Å²) in [5, 5.41) is 3.44. The van der Waals surface area contributed by atoms with Gasteiger partial charge in [-0.15, -0.1) is 0 Å². The molecule has 6 heteroatoms. The molecule has 0 spiro atoms. The number of ether oxygens (including phenoxy) is 1. The van der Waals surface area contributed by atoms with Crippen LogP contribution in [0.4, 0.5) is 0 Å². The fraction of sp³-hybridized carbons (Fsp3) is 0.429. The van der Waals surface area contributed by atoms with Gasteiger partial charge in [0.25, 0.3) is 6.47 Å². The van der Waals surface area contributed by atoms with E-state index in [-0.39, 0.29) is 6.04 Å². The lowest BCUT2D eigenvalue weighted by Crippen LogP contribution is -2.19. The van der Waals surface area contributed by atoms with E-state index in [0.29, 0.717) is 12.3 Å². The van der Waals surface area contributed by atoms with Crippen molar-refractivity contribution in [3.8, 4) is 0 Å². The zero-order valence-electron chi connectivity index (χ0n) is 12.7. The van der Waals surface area contributed by atoms with Gasteiger partial charge in [-0.1, -0.05) is 32.0 Å². The van der Waals surface area contributed by atoms with Crippen molar-refractivity contribution in [3.63, 3.8) is 0 Å². The second-order valence-corrected chi connectivity index (χ2v) is 3.73. The quantitative estimate of drug-likeness (QED) is 0.250. The van der Waals surface area contributed by atoms with Crippen molar-refractivity contribution >= 4 is 12.3 Å². The second kappa shape index (κ2) is 13.4. The van der Waals surface area contributed by atoms with Gasteiger partial charge in [-0.3, -0.25) is 4.79 Å². The zero-order valence-corrected chi connectivity index (χ0v) is 12.7. The predicted octanol–water partition coefficient (Wildman–Crippen LogP) is 0.971. The Kier molecular flexibility index (Phi) is 13.5. The number of methoxy groups -OCH3 is 1. The Hall–Kier alpha value is -2.08. The van der Waals surface area contributed by atoms with Crippen LogP contribution in [0.25, 0.3) is 0 Å². The molecule has 1 aromatic carbocycles. The van der Waals surface area contributed by atoms with E-state index in [1.807, 2.05) is 45.0 Å². The molecule has 114 valence electrons. The molecule has 0 bridgehead atoms. The van der Waals surface area contributed by atoms with Crippen LogP contribution in [0.3, 0.4) is 0 Å². The zero-order chi connectivity index (χ0) is 16.0. The number of hydrogen-bond donors (Lipinski definition) is 3. The summed E-state index contributed by atoms with van der Waals surface area (Å²) in [5.41, 5.74) is 13.3. The van der Waals surface area contributed by atoms with Gasteiger partial charge in [0.2, 0.25) is 0 Å². The number of carbonyl (C=O) groups is 1. The molecule has 0 aromatic heterocycles. The summed E-state index contributed by atoms with van der Waals surface area (Å²) in [6.07, 6.45) is 0.825. The highest BCUT2D eigenvalue weighted by Gasteiger charge is 2.01. The summed E-state index contributed by atoms with van der Waals surface area (Å²) in [6, 6.07) is 7.90. The number of nitrogens with two attached hydrogens (primary N) is 3. The Morgan fingerprint density at radius 1 is 1.45 bits per heavy atom. The summed E-state index contributed by atoms with van der Waals surface area (Å²) in [7, 11) is 1.31. The van der Waals surface area contributed by atoms with E-state index in [2.05, 4.69) is 9.84 Å². The third-order valence-corrected chi connectivity index (χ3v) is 2.02. The molecule has 6 nitrogen and oxygen atoms in total. The number of nitrogens with zero attached hydrogens (tertiary/aromatic N) is 1. The molecule has 0 aliphatic heterocycles. The second-order valence-electron chi connectivity index (χ2n) is 3.73.